The molecule has 0 spiro atoms. The van der Waals surface area contributed by atoms with Crippen LogP contribution in [0.4, 0.5) is 0 Å². The first-order valence-electron chi connectivity index (χ1n) is 4.60. The lowest BCUT2D eigenvalue weighted by molar-refractivity contribution is -0.0394. The first-order valence-corrected chi connectivity index (χ1v) is 6.66. The molecule has 1 aliphatic rings. The van der Waals surface area contributed by atoms with Crippen molar-refractivity contribution < 1.29 is 17.9 Å². The predicted octanol–water partition coefficient (Wildman–Crippen LogP) is -0.489. The first kappa shape index (κ1) is 11.9. The summed E-state index contributed by atoms with van der Waals surface area (Å²) in [5, 5.41) is 0. The van der Waals surface area contributed by atoms with Crippen LogP contribution in [0.1, 0.15) is 12.8 Å². The Morgan fingerprint density at radius 2 is 2.21 bits per heavy atom. The normalized spacial score (nSPS) is 29.0. The van der Waals surface area contributed by atoms with Gasteiger partial charge in [0.25, 0.3) is 0 Å². The molecule has 1 aliphatic heterocycles. The van der Waals surface area contributed by atoms with Crippen LogP contribution in [0.5, 0.6) is 0 Å². The number of hydrogen-bond acceptors (Lipinski definition) is 5. The molecule has 0 aromatic rings. The van der Waals surface area contributed by atoms with Gasteiger partial charge in [0.2, 0.25) is 0 Å². The molecule has 0 bridgehead atoms. The molecule has 5 nitrogen and oxygen atoms in total. The summed E-state index contributed by atoms with van der Waals surface area (Å²) in [6, 6.07) is 0.112. The molecule has 1 unspecified atom stereocenters. The summed E-state index contributed by atoms with van der Waals surface area (Å²) in [5.74, 6) is -0.237. The zero-order valence-corrected chi connectivity index (χ0v) is 9.13. The van der Waals surface area contributed by atoms with Gasteiger partial charge in [0.1, 0.15) is 5.94 Å². The van der Waals surface area contributed by atoms with E-state index < -0.39 is 9.84 Å². The van der Waals surface area contributed by atoms with Crippen molar-refractivity contribution in [2.45, 2.75) is 25.0 Å². The topological polar surface area (TPSA) is 78.6 Å². The Labute approximate surface area is 84.5 Å². The highest BCUT2D eigenvalue weighted by Gasteiger charge is 2.19. The lowest BCUT2D eigenvalue weighted by Crippen LogP contribution is -2.37. The molecule has 1 saturated heterocycles. The van der Waals surface area contributed by atoms with E-state index in [0.29, 0.717) is 13.2 Å². The quantitative estimate of drug-likeness (QED) is 0.696. The van der Waals surface area contributed by atoms with Gasteiger partial charge in [0.15, 0.2) is 9.84 Å². The summed E-state index contributed by atoms with van der Waals surface area (Å²) in [4.78, 5) is 0. The van der Waals surface area contributed by atoms with Gasteiger partial charge in [-0.3, -0.25) is 0 Å². The Kier molecular flexibility index (Phi) is 4.31. The highest BCUT2D eigenvalue weighted by molar-refractivity contribution is 7.90. The molecule has 0 aromatic carbocycles. The molecule has 0 radical (unpaired) electrons. The molecule has 0 amide bonds. The number of nitrogens with two attached hydrogens (primary N) is 1. The third kappa shape index (κ3) is 4.90. The summed E-state index contributed by atoms with van der Waals surface area (Å²) in [6.07, 6.45) is 2.89. The molecule has 2 atom stereocenters. The molecule has 2 N–H and O–H groups in total. The fraction of sp³-hybridized carbons (Fsp3) is 1.00. The van der Waals surface area contributed by atoms with Crippen molar-refractivity contribution in [2.75, 3.05) is 25.4 Å². The maximum absolute atomic E-state index is 10.7. The summed E-state index contributed by atoms with van der Waals surface area (Å²) < 4.78 is 31.9. The van der Waals surface area contributed by atoms with Crippen molar-refractivity contribution >= 4 is 9.84 Å². The Bertz CT molecular complexity index is 257. The van der Waals surface area contributed by atoms with Crippen LogP contribution >= 0.6 is 0 Å². The lowest BCUT2D eigenvalue weighted by atomic mass is 10.1. The van der Waals surface area contributed by atoms with Gasteiger partial charge in [-0.15, -0.1) is 0 Å². The van der Waals surface area contributed by atoms with Crippen molar-refractivity contribution in [3.8, 4) is 0 Å². The zero-order chi connectivity index (χ0) is 10.6. The van der Waals surface area contributed by atoms with Gasteiger partial charge in [-0.2, -0.15) is 0 Å². The van der Waals surface area contributed by atoms with Crippen LogP contribution in [0.3, 0.4) is 0 Å². The number of ether oxygens (including phenoxy) is 2. The minimum absolute atomic E-state index is 0.00319. The van der Waals surface area contributed by atoms with Gasteiger partial charge in [0, 0.05) is 12.3 Å². The molecule has 6 heteroatoms. The van der Waals surface area contributed by atoms with E-state index in [2.05, 4.69) is 0 Å². The highest BCUT2D eigenvalue weighted by atomic mass is 32.2. The Hall–Kier alpha value is -0.170. The molecular formula is C8H17NO4S. The maximum atomic E-state index is 10.7. The van der Waals surface area contributed by atoms with Crippen LogP contribution in [0.2, 0.25) is 0 Å². The van der Waals surface area contributed by atoms with Crippen molar-refractivity contribution in [3.05, 3.63) is 0 Å². The van der Waals surface area contributed by atoms with Crippen LogP contribution in [-0.2, 0) is 19.3 Å². The number of hydrogen-bond donors (Lipinski definition) is 1. The number of rotatable bonds is 4. The Morgan fingerprint density at radius 1 is 1.50 bits per heavy atom. The second kappa shape index (κ2) is 5.06. The second-order valence-corrected chi connectivity index (χ2v) is 5.79. The molecule has 0 saturated carbocycles. The smallest absolute Gasteiger partial charge is 0.171 e. The summed E-state index contributed by atoms with van der Waals surface area (Å²) in [7, 11) is -3.04. The summed E-state index contributed by atoms with van der Waals surface area (Å²) in [5.41, 5.74) is 5.63. The van der Waals surface area contributed by atoms with E-state index >= 15 is 0 Å². The molecule has 1 heterocycles. The molecule has 84 valence electrons. The maximum Gasteiger partial charge on any atom is 0.171 e. The summed E-state index contributed by atoms with van der Waals surface area (Å²) in [6.45, 7) is 0.868. The average molecular weight is 223 g/mol. The lowest BCUT2D eigenvalue weighted by Gasteiger charge is -2.26. The van der Waals surface area contributed by atoms with Gasteiger partial charge in [-0.05, 0) is 12.8 Å². The van der Waals surface area contributed by atoms with E-state index in [1.54, 1.807) is 0 Å². The van der Waals surface area contributed by atoms with Crippen molar-refractivity contribution in [2.24, 2.45) is 5.73 Å². The first-order chi connectivity index (χ1) is 6.47. The summed E-state index contributed by atoms with van der Waals surface area (Å²) >= 11 is 0. The van der Waals surface area contributed by atoms with E-state index in [9.17, 15) is 8.42 Å². The van der Waals surface area contributed by atoms with E-state index in [-0.39, 0.29) is 18.1 Å². The third-order valence-electron chi connectivity index (χ3n) is 2.01. The van der Waals surface area contributed by atoms with Gasteiger partial charge in [0.05, 0.1) is 19.3 Å². The molecule has 14 heavy (non-hydrogen) atoms. The van der Waals surface area contributed by atoms with Crippen molar-refractivity contribution in [3.63, 3.8) is 0 Å². The molecule has 0 aromatic heterocycles. The van der Waals surface area contributed by atoms with Crippen LogP contribution in [0.15, 0.2) is 0 Å². The van der Waals surface area contributed by atoms with Gasteiger partial charge < -0.3 is 15.2 Å². The molecular weight excluding hydrogens is 206 g/mol. The van der Waals surface area contributed by atoms with Crippen molar-refractivity contribution in [1.82, 2.24) is 0 Å². The highest BCUT2D eigenvalue weighted by Crippen LogP contribution is 2.12. The Balaban J connectivity index is 2.14. The minimum Gasteiger partial charge on any atom is -0.374 e. The number of sulfone groups is 1. The minimum atomic E-state index is -3.04. The van der Waals surface area contributed by atoms with E-state index in [4.69, 9.17) is 15.2 Å². The van der Waals surface area contributed by atoms with E-state index in [1.165, 1.54) is 0 Å². The van der Waals surface area contributed by atoms with Gasteiger partial charge in [-0.25, -0.2) is 8.42 Å². The van der Waals surface area contributed by atoms with Crippen LogP contribution in [-0.4, -0.2) is 46.0 Å². The SMILES string of the molecule is CS(=O)(=O)COCC1CC[C@H](N)CO1. The van der Waals surface area contributed by atoms with Gasteiger partial charge in [-0.1, -0.05) is 0 Å². The average Bonchev–Trinajstić information content (AvgIpc) is 2.06. The standard InChI is InChI=1S/C8H17NO4S/c1-14(10,11)6-12-5-8-3-2-7(9)4-13-8/h7-8H,2-6,9H2,1H3/t7-,8?/m0/s1. The van der Waals surface area contributed by atoms with E-state index in [1.807, 2.05) is 0 Å². The Morgan fingerprint density at radius 3 is 2.71 bits per heavy atom. The predicted molar refractivity (Wildman–Crippen MR) is 52.6 cm³/mol. The van der Waals surface area contributed by atoms with E-state index in [0.717, 1.165) is 19.1 Å². The van der Waals surface area contributed by atoms with Crippen LogP contribution < -0.4 is 5.73 Å². The van der Waals surface area contributed by atoms with Gasteiger partial charge >= 0.3 is 0 Å². The largest absolute Gasteiger partial charge is 0.374 e. The van der Waals surface area contributed by atoms with Crippen molar-refractivity contribution in [1.29, 1.82) is 0 Å². The monoisotopic (exact) mass is 223 g/mol. The fourth-order valence-corrected chi connectivity index (χ4v) is 1.69. The molecule has 1 fully saturated rings. The second-order valence-electron chi connectivity index (χ2n) is 3.71. The zero-order valence-electron chi connectivity index (χ0n) is 8.31. The molecule has 1 rings (SSSR count). The fourth-order valence-electron chi connectivity index (χ4n) is 1.29. The third-order valence-corrected chi connectivity index (χ3v) is 2.60. The molecule has 0 aliphatic carbocycles. The van der Waals surface area contributed by atoms with Crippen LogP contribution in [0, 0.1) is 0 Å². The van der Waals surface area contributed by atoms with Crippen LogP contribution in [0.25, 0.3) is 0 Å².